The van der Waals surface area contributed by atoms with Gasteiger partial charge in [0, 0.05) is 37.3 Å². The van der Waals surface area contributed by atoms with Gasteiger partial charge in [-0.15, -0.1) is 0 Å². The quantitative estimate of drug-likeness (QED) is 0.125. The minimum absolute atomic E-state index is 0.0657. The third-order valence-electron chi connectivity index (χ3n) is 12.0. The Morgan fingerprint density at radius 3 is 2.08 bits per heavy atom. The molecule has 0 saturated carbocycles. The van der Waals surface area contributed by atoms with Gasteiger partial charge in [0.2, 0.25) is 0 Å². The van der Waals surface area contributed by atoms with Gasteiger partial charge < -0.3 is 64.1 Å². The van der Waals surface area contributed by atoms with E-state index < -0.39 is 102 Å². The first-order valence-electron chi connectivity index (χ1n) is 18.7. The topological polar surface area (TPSA) is 209 Å². The Morgan fingerprint density at radius 2 is 1.54 bits per heavy atom. The van der Waals surface area contributed by atoms with Crippen LogP contribution < -0.4 is 0 Å². The second-order valence-corrected chi connectivity index (χ2v) is 16.6. The first-order chi connectivity index (χ1) is 24.0. The Bertz CT molecular complexity index is 1200. The Morgan fingerprint density at radius 1 is 0.923 bits per heavy atom. The molecule has 3 saturated heterocycles. The number of nitrogens with zero attached hydrogens (tertiary/aromatic N) is 2. The van der Waals surface area contributed by atoms with Gasteiger partial charge in [-0.25, -0.2) is 0 Å². The number of esters is 1. The molecule has 52 heavy (non-hydrogen) atoms. The van der Waals surface area contributed by atoms with Crippen LogP contribution in [0.1, 0.15) is 94.9 Å². The van der Waals surface area contributed by atoms with Gasteiger partial charge in [-0.3, -0.25) is 4.79 Å². The third kappa shape index (κ3) is 9.47. The van der Waals surface area contributed by atoms with Crippen molar-refractivity contribution >= 4 is 11.7 Å². The molecule has 3 fully saturated rings. The summed E-state index contributed by atoms with van der Waals surface area (Å²) in [6.07, 6.45) is -9.51. The van der Waals surface area contributed by atoms with Gasteiger partial charge in [0.1, 0.15) is 23.9 Å². The molecule has 6 N–H and O–H groups in total. The molecule has 0 radical (unpaired) electrons. The molecule has 3 aliphatic heterocycles. The fourth-order valence-corrected chi connectivity index (χ4v) is 8.61. The minimum atomic E-state index is -1.97. The number of carbonyl (C=O) groups excluding carboxylic acids is 1. The summed E-state index contributed by atoms with van der Waals surface area (Å²) in [5, 5.41) is 71.8. The van der Waals surface area contributed by atoms with E-state index in [9.17, 15) is 35.5 Å². The number of rotatable bonds is 7. The Kier molecular flexibility index (Phi) is 15.1. The number of hydrogen-bond donors (Lipinski definition) is 6. The van der Waals surface area contributed by atoms with Crippen LogP contribution in [0.25, 0.3) is 0 Å². The number of methoxy groups -OCH3 is 1. The highest BCUT2D eigenvalue weighted by Crippen LogP contribution is 2.41. The minimum Gasteiger partial charge on any atom is -0.459 e. The average molecular weight is 749 g/mol. The first kappa shape index (κ1) is 44.9. The van der Waals surface area contributed by atoms with Crippen LogP contribution in [0.2, 0.25) is 0 Å². The van der Waals surface area contributed by atoms with Crippen molar-refractivity contribution in [1.29, 1.82) is 0 Å². The van der Waals surface area contributed by atoms with Crippen LogP contribution in [0.4, 0.5) is 0 Å². The molecule has 0 amide bonds. The van der Waals surface area contributed by atoms with Crippen molar-refractivity contribution in [2.45, 2.75) is 179 Å². The van der Waals surface area contributed by atoms with E-state index >= 15 is 0 Å². The van der Waals surface area contributed by atoms with Crippen LogP contribution in [0.5, 0.6) is 0 Å². The molecule has 3 aliphatic rings. The maximum absolute atomic E-state index is 14.1. The van der Waals surface area contributed by atoms with Gasteiger partial charge in [0.15, 0.2) is 12.6 Å². The lowest BCUT2D eigenvalue weighted by Gasteiger charge is -2.49. The molecule has 15 nitrogen and oxygen atoms in total. The Hall–Kier alpha value is -1.50. The van der Waals surface area contributed by atoms with E-state index in [2.05, 4.69) is 5.16 Å². The predicted octanol–water partition coefficient (Wildman–Crippen LogP) is 2.05. The third-order valence-corrected chi connectivity index (χ3v) is 12.0. The van der Waals surface area contributed by atoms with Crippen molar-refractivity contribution < 1.29 is 64.0 Å². The number of ether oxygens (including phenoxy) is 6. The second kappa shape index (κ2) is 17.5. The van der Waals surface area contributed by atoms with Crippen molar-refractivity contribution in [3.05, 3.63) is 0 Å². The lowest BCUT2D eigenvalue weighted by Crippen LogP contribution is -2.61. The summed E-state index contributed by atoms with van der Waals surface area (Å²) in [6.45, 7) is 16.6. The SMILES string of the molecule is CC[C@H]1OC(=O)[C@H](C)[C@@H](O[C@@H]2C[C@](C)(OC)[C@H](O)[C@@H](C)O2)[C@H](C)[C@@H](O[C@@H]2O[C@H](C)C[C@H](N(C)C)[C@H]2O)[C@@](C)(O)C[C@@H](C)/C(=N\O)[C@H](C)[C@@H](O)[C@]1(C)O. The monoisotopic (exact) mass is 748 g/mol. The number of cyclic esters (lactones) is 1. The largest absolute Gasteiger partial charge is 0.459 e. The molecule has 0 aromatic heterocycles. The molecule has 0 aromatic rings. The van der Waals surface area contributed by atoms with E-state index in [-0.39, 0.29) is 37.1 Å². The molecule has 0 bridgehead atoms. The summed E-state index contributed by atoms with van der Waals surface area (Å²) in [7, 11) is 5.19. The smallest absolute Gasteiger partial charge is 0.311 e. The molecule has 3 rings (SSSR count). The van der Waals surface area contributed by atoms with Crippen LogP contribution in [0, 0.1) is 23.7 Å². The van der Waals surface area contributed by atoms with E-state index in [0.29, 0.717) is 6.42 Å². The summed E-state index contributed by atoms with van der Waals surface area (Å²) in [5.41, 5.74) is -4.68. The number of likely N-dealkylation sites (N-methyl/N-ethyl adjacent to an activating group) is 1. The van der Waals surface area contributed by atoms with Gasteiger partial charge in [0.25, 0.3) is 0 Å². The van der Waals surface area contributed by atoms with Crippen molar-refractivity contribution in [3.8, 4) is 0 Å². The van der Waals surface area contributed by atoms with E-state index in [0.717, 1.165) is 0 Å². The number of aliphatic hydroxyl groups is 5. The number of aliphatic hydroxyl groups excluding tert-OH is 3. The lowest BCUT2D eigenvalue weighted by atomic mass is 9.73. The molecule has 0 unspecified atom stereocenters. The zero-order chi connectivity index (χ0) is 39.7. The van der Waals surface area contributed by atoms with Crippen LogP contribution >= 0.6 is 0 Å². The maximum Gasteiger partial charge on any atom is 0.311 e. The number of carbonyl (C=O) groups is 1. The van der Waals surface area contributed by atoms with Crippen LogP contribution in [-0.2, 0) is 33.2 Å². The molecule has 15 heteroatoms. The molecule has 0 aromatic carbocycles. The second-order valence-electron chi connectivity index (χ2n) is 16.6. The normalized spacial score (nSPS) is 49.8. The summed E-state index contributed by atoms with van der Waals surface area (Å²) < 4.78 is 37.2. The summed E-state index contributed by atoms with van der Waals surface area (Å²) in [5.74, 6) is -4.24. The summed E-state index contributed by atoms with van der Waals surface area (Å²) >= 11 is 0. The van der Waals surface area contributed by atoms with Gasteiger partial charge in [-0.1, -0.05) is 32.9 Å². The van der Waals surface area contributed by atoms with E-state index in [4.69, 9.17) is 28.4 Å². The number of oxime groups is 1. The van der Waals surface area contributed by atoms with Crippen LogP contribution in [0.15, 0.2) is 5.16 Å². The molecule has 304 valence electrons. The fourth-order valence-electron chi connectivity index (χ4n) is 8.61. The van der Waals surface area contributed by atoms with Crippen molar-refractivity contribution in [1.82, 2.24) is 4.90 Å². The van der Waals surface area contributed by atoms with Crippen LogP contribution in [0.3, 0.4) is 0 Å². The van der Waals surface area contributed by atoms with Crippen molar-refractivity contribution in [2.24, 2.45) is 28.8 Å². The highest BCUT2D eigenvalue weighted by Gasteiger charge is 2.53. The lowest BCUT2D eigenvalue weighted by molar-refractivity contribution is -0.317. The van der Waals surface area contributed by atoms with E-state index in [1.807, 2.05) is 25.9 Å². The van der Waals surface area contributed by atoms with Gasteiger partial charge >= 0.3 is 5.97 Å². The molecular formula is C37H68N2O13. The fraction of sp³-hybridized carbons (Fsp3) is 0.946. The molecule has 18 atom stereocenters. The predicted molar refractivity (Wildman–Crippen MR) is 190 cm³/mol. The molecular weight excluding hydrogens is 680 g/mol. The average Bonchev–Trinajstić information content (AvgIpc) is 3.06. The zero-order valence-corrected chi connectivity index (χ0v) is 33.4. The van der Waals surface area contributed by atoms with Gasteiger partial charge in [0.05, 0.1) is 53.4 Å². The van der Waals surface area contributed by atoms with E-state index in [1.54, 1.807) is 55.4 Å². The summed E-state index contributed by atoms with van der Waals surface area (Å²) in [6, 6.07) is -0.322. The first-order valence-corrected chi connectivity index (χ1v) is 18.7. The molecule has 0 aliphatic carbocycles. The molecule has 3 heterocycles. The van der Waals surface area contributed by atoms with Crippen molar-refractivity contribution in [3.63, 3.8) is 0 Å². The Labute approximate surface area is 309 Å². The summed E-state index contributed by atoms with van der Waals surface area (Å²) in [4.78, 5) is 16.0. The zero-order valence-electron chi connectivity index (χ0n) is 33.4. The highest BCUT2D eigenvalue weighted by atomic mass is 16.7. The van der Waals surface area contributed by atoms with E-state index in [1.165, 1.54) is 14.0 Å². The van der Waals surface area contributed by atoms with Crippen LogP contribution in [-0.4, -0.2) is 153 Å². The Balaban J connectivity index is 2.21. The van der Waals surface area contributed by atoms with Crippen molar-refractivity contribution in [2.75, 3.05) is 21.2 Å². The van der Waals surface area contributed by atoms with Gasteiger partial charge in [-0.05, 0) is 74.9 Å². The molecule has 0 spiro atoms. The standard InChI is InChI=1S/C37H68N2O13/c1-14-25-37(10,45)30(41)20(4)27(38-46)18(2)16-35(8,44)32(52-34-28(40)24(39(11)12)15-19(3)48-34)21(5)29(22(6)33(43)50-25)51-26-17-36(9,47-13)31(42)23(7)49-26/h18-26,28-32,34,40-42,44-46H,14-17H2,1-13H3/b38-27+/t18-,19-,20+,21+,22-,23-,24+,25-,26-,28-,29+,30-,31-,32-,34+,35+,36+,37-/m1/s1. The maximum atomic E-state index is 14.1. The van der Waals surface area contributed by atoms with Gasteiger partial charge in [-0.2, -0.15) is 0 Å². The number of hydrogen-bond acceptors (Lipinski definition) is 15. The highest BCUT2D eigenvalue weighted by molar-refractivity contribution is 5.88.